The summed E-state index contributed by atoms with van der Waals surface area (Å²) in [5, 5.41) is 13.8. The van der Waals surface area contributed by atoms with Crippen LogP contribution < -0.4 is 14.2 Å². The lowest BCUT2D eigenvalue weighted by molar-refractivity contribution is 0.0518. The molecule has 0 heterocycles. The summed E-state index contributed by atoms with van der Waals surface area (Å²) < 4.78 is 25.8. The van der Waals surface area contributed by atoms with Crippen LogP contribution in [0.2, 0.25) is 0 Å². The molecule has 0 saturated carbocycles. The number of ether oxygens (including phenoxy) is 5. The highest BCUT2D eigenvalue weighted by Crippen LogP contribution is 2.38. The van der Waals surface area contributed by atoms with E-state index < -0.39 is 24.4 Å². The van der Waals surface area contributed by atoms with Gasteiger partial charge in [-0.2, -0.15) is 5.26 Å². The highest BCUT2D eigenvalue weighted by Gasteiger charge is 2.28. The van der Waals surface area contributed by atoms with Crippen LogP contribution in [0.4, 0.5) is 9.59 Å². The molecule has 0 atom stereocenters. The molecule has 0 bridgehead atoms. The molecular formula is C19H25N3O7. The normalized spacial score (nSPS) is 11.0. The number of amides is 2. The maximum Gasteiger partial charge on any atom is 0.440 e. The average Bonchev–Trinajstić information content (AvgIpc) is 2.66. The Labute approximate surface area is 169 Å². The highest BCUT2D eigenvalue weighted by atomic mass is 16.6. The van der Waals surface area contributed by atoms with Crippen LogP contribution in [0.25, 0.3) is 0 Å². The summed E-state index contributed by atoms with van der Waals surface area (Å²) in [6, 6.07) is 4.77. The van der Waals surface area contributed by atoms with Crippen molar-refractivity contribution < 1.29 is 33.3 Å². The summed E-state index contributed by atoms with van der Waals surface area (Å²) in [7, 11) is 4.26. The van der Waals surface area contributed by atoms with Gasteiger partial charge in [-0.3, -0.25) is 0 Å². The van der Waals surface area contributed by atoms with Gasteiger partial charge in [0.1, 0.15) is 6.07 Å². The summed E-state index contributed by atoms with van der Waals surface area (Å²) >= 11 is 0. The Hall–Kier alpha value is -3.48. The minimum absolute atomic E-state index is 0.224. The number of hydrogen-bond acceptors (Lipinski definition) is 9. The SMILES string of the molecule is COc1cc(/C(C#N)=N/N(C(=O)OC(C)C)C(=O)OC(C)C)cc(OC)c1OC. The largest absolute Gasteiger partial charge is 0.493 e. The van der Waals surface area contributed by atoms with E-state index in [1.807, 2.05) is 6.07 Å². The standard InChI is InChI=1S/C19H25N3O7/c1-11(2)28-18(23)22(19(24)29-12(3)4)21-14(10-20)13-8-15(25-5)17(27-7)16(9-13)26-6/h8-9,11-12H,1-7H3/b21-14+. The first kappa shape index (κ1) is 23.6. The first-order valence-corrected chi connectivity index (χ1v) is 8.68. The Kier molecular flexibility index (Phi) is 8.73. The van der Waals surface area contributed by atoms with Crippen LogP contribution in [-0.4, -0.2) is 56.4 Å². The van der Waals surface area contributed by atoms with Crippen molar-refractivity contribution in [2.75, 3.05) is 21.3 Å². The Morgan fingerprint density at radius 3 is 1.69 bits per heavy atom. The number of benzene rings is 1. The van der Waals surface area contributed by atoms with Crippen molar-refractivity contribution in [3.05, 3.63) is 17.7 Å². The molecule has 0 N–H and O–H groups in total. The highest BCUT2D eigenvalue weighted by molar-refractivity contribution is 6.13. The van der Waals surface area contributed by atoms with Crippen LogP contribution in [0.1, 0.15) is 33.3 Å². The molecule has 1 aromatic carbocycles. The summed E-state index contributed by atoms with van der Waals surface area (Å²) in [6.45, 7) is 6.44. The summed E-state index contributed by atoms with van der Waals surface area (Å²) in [4.78, 5) is 24.6. The van der Waals surface area contributed by atoms with Crippen molar-refractivity contribution in [1.82, 2.24) is 5.01 Å². The van der Waals surface area contributed by atoms with Gasteiger partial charge in [-0.25, -0.2) is 9.59 Å². The second-order valence-corrected chi connectivity index (χ2v) is 6.15. The predicted molar refractivity (Wildman–Crippen MR) is 103 cm³/mol. The van der Waals surface area contributed by atoms with Crippen molar-refractivity contribution in [2.24, 2.45) is 5.10 Å². The monoisotopic (exact) mass is 407 g/mol. The third-order valence-electron chi connectivity index (χ3n) is 3.26. The fraction of sp³-hybridized carbons (Fsp3) is 0.474. The zero-order valence-electron chi connectivity index (χ0n) is 17.5. The second-order valence-electron chi connectivity index (χ2n) is 6.15. The van der Waals surface area contributed by atoms with Crippen LogP contribution >= 0.6 is 0 Å². The zero-order chi connectivity index (χ0) is 22.1. The van der Waals surface area contributed by atoms with E-state index in [0.717, 1.165) is 0 Å². The molecule has 0 spiro atoms. The number of methoxy groups -OCH3 is 3. The van der Waals surface area contributed by atoms with Crippen molar-refractivity contribution in [1.29, 1.82) is 5.26 Å². The van der Waals surface area contributed by atoms with E-state index in [2.05, 4.69) is 5.10 Å². The molecule has 0 radical (unpaired) electrons. The first-order chi connectivity index (χ1) is 13.7. The minimum atomic E-state index is -1.08. The predicted octanol–water partition coefficient (Wildman–Crippen LogP) is 3.33. The molecule has 0 aliphatic rings. The zero-order valence-corrected chi connectivity index (χ0v) is 17.5. The van der Waals surface area contributed by atoms with Crippen molar-refractivity contribution in [3.8, 4) is 23.3 Å². The topological polar surface area (TPSA) is 120 Å². The number of nitrogens with zero attached hydrogens (tertiary/aromatic N) is 3. The summed E-state index contributed by atoms with van der Waals surface area (Å²) in [6.07, 6.45) is -3.19. The minimum Gasteiger partial charge on any atom is -0.493 e. The van der Waals surface area contributed by atoms with Crippen molar-refractivity contribution >= 4 is 17.9 Å². The molecular weight excluding hydrogens is 382 g/mol. The number of carbonyl (C=O) groups is 2. The molecule has 0 aliphatic heterocycles. The lowest BCUT2D eigenvalue weighted by Gasteiger charge is -2.19. The van der Waals surface area contributed by atoms with Gasteiger partial charge < -0.3 is 23.7 Å². The van der Waals surface area contributed by atoms with E-state index >= 15 is 0 Å². The van der Waals surface area contributed by atoms with Crippen LogP contribution in [0.5, 0.6) is 17.2 Å². The third kappa shape index (κ3) is 6.27. The number of carbonyl (C=O) groups excluding carboxylic acids is 2. The van der Waals surface area contributed by atoms with E-state index in [0.29, 0.717) is 10.8 Å². The molecule has 0 unspecified atom stereocenters. The van der Waals surface area contributed by atoms with Crippen LogP contribution in [0.15, 0.2) is 17.2 Å². The molecule has 158 valence electrons. The van der Waals surface area contributed by atoms with E-state index in [9.17, 15) is 14.9 Å². The average molecular weight is 407 g/mol. The number of imide groups is 1. The quantitative estimate of drug-likeness (QED) is 0.499. The smallest absolute Gasteiger partial charge is 0.440 e. The Morgan fingerprint density at radius 1 is 0.931 bits per heavy atom. The molecule has 2 amide bonds. The molecule has 1 aromatic rings. The molecule has 0 aliphatic carbocycles. The third-order valence-corrected chi connectivity index (χ3v) is 3.26. The van der Waals surface area contributed by atoms with Gasteiger partial charge >= 0.3 is 12.2 Å². The van der Waals surface area contributed by atoms with Crippen LogP contribution in [0, 0.1) is 11.3 Å². The molecule has 0 fully saturated rings. The van der Waals surface area contributed by atoms with Gasteiger partial charge in [-0.1, -0.05) is 5.01 Å². The number of rotatable bonds is 7. The maximum absolute atomic E-state index is 12.3. The van der Waals surface area contributed by atoms with Crippen molar-refractivity contribution in [2.45, 2.75) is 39.9 Å². The summed E-state index contributed by atoms with van der Waals surface area (Å²) in [5.41, 5.74) is -0.0487. The van der Waals surface area contributed by atoms with E-state index in [1.165, 1.54) is 33.5 Å². The summed E-state index contributed by atoms with van der Waals surface area (Å²) in [5.74, 6) is 0.850. The Bertz CT molecular complexity index is 766. The fourth-order valence-corrected chi connectivity index (χ4v) is 2.12. The van der Waals surface area contributed by atoms with Gasteiger partial charge in [0, 0.05) is 5.56 Å². The van der Waals surface area contributed by atoms with E-state index in [-0.39, 0.29) is 22.8 Å². The number of hydrogen-bond donors (Lipinski definition) is 0. The molecule has 0 aromatic heterocycles. The lowest BCUT2D eigenvalue weighted by Crippen LogP contribution is -2.36. The van der Waals surface area contributed by atoms with Gasteiger partial charge in [0.05, 0.1) is 33.5 Å². The van der Waals surface area contributed by atoms with Crippen LogP contribution in [-0.2, 0) is 9.47 Å². The first-order valence-electron chi connectivity index (χ1n) is 8.68. The Balaban J connectivity index is 3.50. The van der Waals surface area contributed by atoms with Gasteiger partial charge in [-0.05, 0) is 39.8 Å². The molecule has 0 saturated heterocycles. The fourth-order valence-electron chi connectivity index (χ4n) is 2.12. The molecule has 1 rings (SSSR count). The Morgan fingerprint density at radius 2 is 1.38 bits per heavy atom. The lowest BCUT2D eigenvalue weighted by atomic mass is 10.1. The number of hydrazone groups is 1. The maximum atomic E-state index is 12.3. The van der Waals surface area contributed by atoms with Crippen LogP contribution in [0.3, 0.4) is 0 Å². The van der Waals surface area contributed by atoms with Gasteiger partial charge in [0.15, 0.2) is 17.2 Å². The van der Waals surface area contributed by atoms with Gasteiger partial charge in [-0.15, -0.1) is 5.10 Å². The van der Waals surface area contributed by atoms with Crippen molar-refractivity contribution in [3.63, 3.8) is 0 Å². The molecule has 29 heavy (non-hydrogen) atoms. The van der Waals surface area contributed by atoms with Gasteiger partial charge in [0.25, 0.3) is 0 Å². The van der Waals surface area contributed by atoms with Gasteiger partial charge in [0.2, 0.25) is 5.75 Å². The van der Waals surface area contributed by atoms with E-state index in [4.69, 9.17) is 23.7 Å². The van der Waals surface area contributed by atoms with E-state index in [1.54, 1.807) is 27.7 Å². The molecule has 10 nitrogen and oxygen atoms in total. The second kappa shape index (κ2) is 10.8. The number of nitriles is 1. The molecule has 10 heteroatoms.